The number of H-pyrrole nitrogens is 1. The number of halogens is 1. The van der Waals surface area contributed by atoms with Crippen LogP contribution in [-0.4, -0.2) is 10.9 Å². The Hall–Kier alpha value is -2.95. The summed E-state index contributed by atoms with van der Waals surface area (Å²) in [6.07, 6.45) is 1.24. The van der Waals surface area contributed by atoms with Crippen LogP contribution >= 0.6 is 0 Å². The molecule has 0 aliphatic heterocycles. The van der Waals surface area contributed by atoms with Gasteiger partial charge in [0.25, 0.3) is 5.91 Å². The van der Waals surface area contributed by atoms with E-state index in [1.54, 1.807) is 6.07 Å². The van der Waals surface area contributed by atoms with Crippen molar-refractivity contribution in [2.24, 2.45) is 0 Å². The van der Waals surface area contributed by atoms with E-state index < -0.39 is 17.2 Å². The number of rotatable bonds is 2. The average molecular weight is 310 g/mol. The maximum Gasteiger partial charge on any atom is 0.261 e. The van der Waals surface area contributed by atoms with Crippen molar-refractivity contribution in [1.82, 2.24) is 4.98 Å². The Morgan fingerprint density at radius 1 is 1.17 bits per heavy atom. The lowest BCUT2D eigenvalue weighted by atomic mass is 10.1. The number of hydrogen-bond acceptors (Lipinski definition) is 2. The second-order valence-corrected chi connectivity index (χ2v) is 5.47. The fourth-order valence-corrected chi connectivity index (χ4v) is 2.53. The number of aryl methyl sites for hydroxylation is 2. The molecule has 0 spiro atoms. The van der Waals surface area contributed by atoms with Crippen molar-refractivity contribution >= 4 is 22.5 Å². The lowest BCUT2D eigenvalue weighted by Gasteiger charge is -2.09. The summed E-state index contributed by atoms with van der Waals surface area (Å²) >= 11 is 0. The van der Waals surface area contributed by atoms with Crippen LogP contribution in [0.3, 0.4) is 0 Å². The molecule has 2 N–H and O–H groups in total. The fourth-order valence-electron chi connectivity index (χ4n) is 2.53. The fraction of sp³-hybridized carbons (Fsp3) is 0.111. The van der Waals surface area contributed by atoms with E-state index in [4.69, 9.17) is 0 Å². The van der Waals surface area contributed by atoms with Gasteiger partial charge < -0.3 is 10.3 Å². The number of hydrogen-bond donors (Lipinski definition) is 2. The van der Waals surface area contributed by atoms with Crippen LogP contribution in [0.25, 0.3) is 10.9 Å². The second-order valence-electron chi connectivity index (χ2n) is 5.47. The monoisotopic (exact) mass is 310 g/mol. The first-order valence-corrected chi connectivity index (χ1v) is 7.16. The molecule has 0 unspecified atom stereocenters. The molecule has 116 valence electrons. The number of para-hydroxylation sites is 1. The van der Waals surface area contributed by atoms with Crippen LogP contribution in [-0.2, 0) is 0 Å². The first kappa shape index (κ1) is 15.0. The van der Waals surface area contributed by atoms with Gasteiger partial charge in [-0.2, -0.15) is 0 Å². The van der Waals surface area contributed by atoms with Crippen LogP contribution in [0, 0.1) is 19.7 Å². The minimum Gasteiger partial charge on any atom is -0.358 e. The predicted octanol–water partition coefficient (Wildman–Crippen LogP) is 3.54. The van der Waals surface area contributed by atoms with Crippen LogP contribution in [0.1, 0.15) is 21.5 Å². The summed E-state index contributed by atoms with van der Waals surface area (Å²) < 4.78 is 13.7. The van der Waals surface area contributed by atoms with Gasteiger partial charge in [-0.05, 0) is 37.6 Å². The molecule has 0 fully saturated rings. The van der Waals surface area contributed by atoms with Gasteiger partial charge in [0.05, 0.1) is 5.52 Å². The SMILES string of the molecule is Cc1ccc(NC(=O)c2c[nH]c3c(F)cccc3c2=O)c(C)c1. The lowest BCUT2D eigenvalue weighted by molar-refractivity contribution is 0.102. The molecule has 0 aliphatic rings. The van der Waals surface area contributed by atoms with E-state index in [1.165, 1.54) is 24.4 Å². The summed E-state index contributed by atoms with van der Waals surface area (Å²) in [7, 11) is 0. The minimum atomic E-state index is -0.527. The third-order valence-electron chi connectivity index (χ3n) is 3.74. The van der Waals surface area contributed by atoms with Crippen molar-refractivity contribution < 1.29 is 9.18 Å². The Labute approximate surface area is 132 Å². The van der Waals surface area contributed by atoms with E-state index in [0.717, 1.165) is 11.1 Å². The van der Waals surface area contributed by atoms with Crippen LogP contribution in [0.5, 0.6) is 0 Å². The molecule has 1 heterocycles. The van der Waals surface area contributed by atoms with Gasteiger partial charge >= 0.3 is 0 Å². The van der Waals surface area contributed by atoms with Crippen LogP contribution in [0.4, 0.5) is 10.1 Å². The van der Waals surface area contributed by atoms with Gasteiger partial charge in [0.15, 0.2) is 0 Å². The zero-order chi connectivity index (χ0) is 16.6. The zero-order valence-electron chi connectivity index (χ0n) is 12.7. The molecule has 1 aromatic heterocycles. The molecule has 3 rings (SSSR count). The molecule has 0 radical (unpaired) electrons. The maximum absolute atomic E-state index is 13.7. The Morgan fingerprint density at radius 3 is 2.70 bits per heavy atom. The van der Waals surface area contributed by atoms with Gasteiger partial charge in [-0.3, -0.25) is 9.59 Å². The van der Waals surface area contributed by atoms with Crippen LogP contribution in [0.15, 0.2) is 47.4 Å². The summed E-state index contributed by atoms with van der Waals surface area (Å²) in [6.45, 7) is 3.84. The topological polar surface area (TPSA) is 62.0 Å². The summed E-state index contributed by atoms with van der Waals surface area (Å²) in [6, 6.07) is 9.80. The predicted molar refractivity (Wildman–Crippen MR) is 88.4 cm³/mol. The Balaban J connectivity index is 2.01. The number of nitrogens with one attached hydrogen (secondary N) is 2. The Kier molecular flexibility index (Phi) is 3.70. The number of anilines is 1. The highest BCUT2D eigenvalue weighted by Gasteiger charge is 2.15. The van der Waals surface area contributed by atoms with Gasteiger partial charge in [-0.25, -0.2) is 4.39 Å². The summed E-state index contributed by atoms with van der Waals surface area (Å²) in [5, 5.41) is 2.87. The van der Waals surface area contributed by atoms with Crippen molar-refractivity contribution in [2.45, 2.75) is 13.8 Å². The van der Waals surface area contributed by atoms with Crippen LogP contribution in [0.2, 0.25) is 0 Å². The van der Waals surface area contributed by atoms with Gasteiger partial charge in [-0.15, -0.1) is 0 Å². The van der Waals surface area contributed by atoms with E-state index in [1.807, 2.05) is 26.0 Å². The number of pyridine rings is 1. The summed E-state index contributed by atoms with van der Waals surface area (Å²) in [4.78, 5) is 27.5. The smallest absolute Gasteiger partial charge is 0.261 e. The van der Waals surface area contributed by atoms with E-state index in [-0.39, 0.29) is 16.5 Å². The Morgan fingerprint density at radius 2 is 1.96 bits per heavy atom. The Bertz CT molecular complexity index is 976. The molecule has 3 aromatic rings. The maximum atomic E-state index is 13.7. The van der Waals surface area contributed by atoms with Crippen LogP contribution < -0.4 is 10.7 Å². The van der Waals surface area contributed by atoms with E-state index in [0.29, 0.717) is 5.69 Å². The third kappa shape index (κ3) is 2.73. The van der Waals surface area contributed by atoms with Gasteiger partial charge in [0.1, 0.15) is 11.4 Å². The molecule has 0 atom stereocenters. The summed E-state index contributed by atoms with van der Waals surface area (Å²) in [5.74, 6) is -1.05. The molecule has 5 heteroatoms. The van der Waals surface area contributed by atoms with Crippen molar-refractivity contribution in [3.05, 3.63) is 75.3 Å². The van der Waals surface area contributed by atoms with Gasteiger partial charge in [0.2, 0.25) is 5.43 Å². The molecular formula is C18H15FN2O2. The highest BCUT2D eigenvalue weighted by molar-refractivity contribution is 6.06. The molecule has 0 saturated carbocycles. The second kappa shape index (κ2) is 5.68. The number of aromatic amines is 1. The molecule has 0 aliphatic carbocycles. The highest BCUT2D eigenvalue weighted by Crippen LogP contribution is 2.17. The molecule has 1 amide bonds. The molecule has 2 aromatic carbocycles. The lowest BCUT2D eigenvalue weighted by Crippen LogP contribution is -2.22. The van der Waals surface area contributed by atoms with Crippen molar-refractivity contribution in [1.29, 1.82) is 0 Å². The number of fused-ring (bicyclic) bond motifs is 1. The number of carbonyl (C=O) groups is 1. The van der Waals surface area contributed by atoms with E-state index in [2.05, 4.69) is 10.3 Å². The highest BCUT2D eigenvalue weighted by atomic mass is 19.1. The average Bonchev–Trinajstić information content (AvgIpc) is 2.51. The largest absolute Gasteiger partial charge is 0.358 e. The summed E-state index contributed by atoms with van der Waals surface area (Å²) in [5.41, 5.74) is 2.17. The standard InChI is InChI=1S/C18H15FN2O2/c1-10-6-7-15(11(2)8-10)21-18(23)13-9-20-16-12(17(13)22)4-3-5-14(16)19/h3-9H,1-2H3,(H,20,22)(H,21,23). The van der Waals surface area contributed by atoms with Gasteiger partial charge in [0, 0.05) is 17.3 Å². The number of aromatic nitrogens is 1. The molecular weight excluding hydrogens is 295 g/mol. The van der Waals surface area contributed by atoms with E-state index >= 15 is 0 Å². The van der Waals surface area contributed by atoms with Gasteiger partial charge in [-0.1, -0.05) is 23.8 Å². The molecule has 0 saturated heterocycles. The van der Waals surface area contributed by atoms with Crippen molar-refractivity contribution in [2.75, 3.05) is 5.32 Å². The van der Waals surface area contributed by atoms with Crippen molar-refractivity contribution in [3.63, 3.8) is 0 Å². The first-order chi connectivity index (χ1) is 11.0. The molecule has 4 nitrogen and oxygen atoms in total. The number of benzene rings is 2. The number of amides is 1. The molecule has 0 bridgehead atoms. The van der Waals surface area contributed by atoms with E-state index in [9.17, 15) is 14.0 Å². The minimum absolute atomic E-state index is 0.0527. The third-order valence-corrected chi connectivity index (χ3v) is 3.74. The number of carbonyl (C=O) groups excluding carboxylic acids is 1. The van der Waals surface area contributed by atoms with Crippen molar-refractivity contribution in [3.8, 4) is 0 Å². The first-order valence-electron chi connectivity index (χ1n) is 7.16. The quantitative estimate of drug-likeness (QED) is 0.760. The normalized spacial score (nSPS) is 10.7. The zero-order valence-corrected chi connectivity index (χ0v) is 12.7. The molecule has 23 heavy (non-hydrogen) atoms.